The molecule has 0 unspecified atom stereocenters. The maximum Gasteiger partial charge on any atom is 0.228 e. The number of ether oxygens (including phenoxy) is 1. The average Bonchev–Trinajstić information content (AvgIpc) is 2.40. The molecule has 2 heterocycles. The Labute approximate surface area is 109 Å². The highest BCUT2D eigenvalue weighted by Gasteiger charge is 2.16. The van der Waals surface area contributed by atoms with Gasteiger partial charge in [-0.3, -0.25) is 0 Å². The van der Waals surface area contributed by atoms with Crippen molar-refractivity contribution in [1.82, 2.24) is 15.3 Å². The van der Waals surface area contributed by atoms with Gasteiger partial charge in [0.25, 0.3) is 0 Å². The van der Waals surface area contributed by atoms with Crippen LogP contribution in [0.1, 0.15) is 19.8 Å². The molecule has 1 aliphatic heterocycles. The summed E-state index contributed by atoms with van der Waals surface area (Å²) in [6.07, 6.45) is 4.22. The van der Waals surface area contributed by atoms with Crippen LogP contribution in [0.3, 0.4) is 0 Å². The summed E-state index contributed by atoms with van der Waals surface area (Å²) in [5.74, 6) is 2.13. The zero-order chi connectivity index (χ0) is 12.8. The molecule has 0 saturated carbocycles. The third-order valence-electron chi connectivity index (χ3n) is 3.24. The number of hydrogen-bond acceptors (Lipinski definition) is 5. The molecule has 0 atom stereocenters. The summed E-state index contributed by atoms with van der Waals surface area (Å²) >= 11 is 0. The highest BCUT2D eigenvalue weighted by atomic mass is 16.5. The van der Waals surface area contributed by atoms with Crippen LogP contribution in [0.2, 0.25) is 0 Å². The third kappa shape index (κ3) is 3.57. The summed E-state index contributed by atoms with van der Waals surface area (Å²) in [6.45, 7) is 5.85. The van der Waals surface area contributed by atoms with Crippen LogP contribution in [-0.2, 0) is 0 Å². The van der Waals surface area contributed by atoms with Crippen molar-refractivity contribution in [3.05, 3.63) is 12.3 Å². The number of aromatic nitrogens is 2. The third-order valence-corrected chi connectivity index (χ3v) is 3.24. The molecule has 1 fully saturated rings. The minimum atomic E-state index is 0.633. The molecular formula is C13H22N4O. The van der Waals surface area contributed by atoms with Crippen LogP contribution in [0.15, 0.2) is 12.3 Å². The summed E-state index contributed by atoms with van der Waals surface area (Å²) in [6, 6.07) is 1.80. The first kappa shape index (κ1) is 13.1. The molecule has 0 amide bonds. The Hall–Kier alpha value is -1.36. The van der Waals surface area contributed by atoms with Crippen LogP contribution in [0, 0.1) is 5.92 Å². The zero-order valence-corrected chi connectivity index (χ0v) is 11.2. The molecule has 18 heavy (non-hydrogen) atoms. The van der Waals surface area contributed by atoms with Gasteiger partial charge in [0.1, 0.15) is 0 Å². The maximum absolute atomic E-state index is 5.40. The predicted molar refractivity (Wildman–Crippen MR) is 72.1 cm³/mol. The summed E-state index contributed by atoms with van der Waals surface area (Å²) < 4.78 is 5.40. The molecule has 1 aromatic rings. The van der Waals surface area contributed by atoms with Crippen LogP contribution in [-0.4, -0.2) is 43.3 Å². The quantitative estimate of drug-likeness (QED) is 0.854. The Morgan fingerprint density at radius 3 is 2.94 bits per heavy atom. The summed E-state index contributed by atoms with van der Waals surface area (Å²) in [5.41, 5.74) is 0. The molecule has 1 aromatic heterocycles. The molecular weight excluding hydrogens is 228 g/mol. The zero-order valence-electron chi connectivity index (χ0n) is 11.2. The Balaban J connectivity index is 1.94. The van der Waals surface area contributed by atoms with E-state index in [2.05, 4.69) is 20.2 Å². The number of nitrogens with one attached hydrogen (secondary N) is 1. The van der Waals surface area contributed by atoms with E-state index in [0.29, 0.717) is 12.5 Å². The highest BCUT2D eigenvalue weighted by molar-refractivity contribution is 5.30. The molecule has 1 saturated heterocycles. The smallest absolute Gasteiger partial charge is 0.228 e. The normalized spacial score (nSPS) is 16.6. The second-order valence-electron chi connectivity index (χ2n) is 4.70. The lowest BCUT2D eigenvalue weighted by molar-refractivity contribution is 0.325. The molecule has 0 radical (unpaired) electrons. The fourth-order valence-corrected chi connectivity index (χ4v) is 2.28. The minimum absolute atomic E-state index is 0.633. The predicted octanol–water partition coefficient (Wildman–Crippen LogP) is 1.31. The molecule has 0 aliphatic carbocycles. The number of piperidine rings is 1. The van der Waals surface area contributed by atoms with E-state index >= 15 is 0 Å². The van der Waals surface area contributed by atoms with Crippen molar-refractivity contribution in [2.75, 3.05) is 38.2 Å². The second-order valence-corrected chi connectivity index (χ2v) is 4.70. The van der Waals surface area contributed by atoms with E-state index in [1.165, 1.54) is 12.8 Å². The van der Waals surface area contributed by atoms with Gasteiger partial charge in [-0.15, -0.1) is 0 Å². The van der Waals surface area contributed by atoms with Crippen LogP contribution in [0.25, 0.3) is 0 Å². The first-order chi connectivity index (χ1) is 8.79. The lowest BCUT2D eigenvalue weighted by atomic mass is 9.98. The molecule has 100 valence electrons. The van der Waals surface area contributed by atoms with Gasteiger partial charge >= 0.3 is 0 Å². The molecule has 2 rings (SSSR count). The molecule has 5 heteroatoms. The van der Waals surface area contributed by atoms with Crippen molar-refractivity contribution < 1.29 is 4.74 Å². The summed E-state index contributed by atoms with van der Waals surface area (Å²) in [7, 11) is 2.05. The van der Waals surface area contributed by atoms with Gasteiger partial charge in [-0.2, -0.15) is 4.98 Å². The van der Waals surface area contributed by atoms with E-state index in [-0.39, 0.29) is 0 Å². The van der Waals surface area contributed by atoms with Gasteiger partial charge in [0.2, 0.25) is 11.8 Å². The second kappa shape index (κ2) is 6.54. The largest absolute Gasteiger partial charge is 0.478 e. The van der Waals surface area contributed by atoms with Gasteiger partial charge in [0.15, 0.2) is 0 Å². The molecule has 1 aliphatic rings. The summed E-state index contributed by atoms with van der Waals surface area (Å²) in [5, 5.41) is 3.38. The molecule has 0 spiro atoms. The fourth-order valence-electron chi connectivity index (χ4n) is 2.28. The van der Waals surface area contributed by atoms with Crippen molar-refractivity contribution >= 4 is 5.95 Å². The van der Waals surface area contributed by atoms with E-state index < -0.39 is 0 Å². The van der Waals surface area contributed by atoms with Crippen LogP contribution < -0.4 is 15.0 Å². The van der Waals surface area contributed by atoms with E-state index in [4.69, 9.17) is 4.74 Å². The molecule has 0 aromatic carbocycles. The van der Waals surface area contributed by atoms with Crippen molar-refractivity contribution in [2.24, 2.45) is 5.92 Å². The van der Waals surface area contributed by atoms with E-state index in [1.54, 1.807) is 12.3 Å². The minimum Gasteiger partial charge on any atom is -0.478 e. The first-order valence-electron chi connectivity index (χ1n) is 6.67. The van der Waals surface area contributed by atoms with Crippen molar-refractivity contribution in [3.8, 4) is 5.88 Å². The van der Waals surface area contributed by atoms with Crippen molar-refractivity contribution in [3.63, 3.8) is 0 Å². The number of nitrogens with zero attached hydrogens (tertiary/aromatic N) is 3. The van der Waals surface area contributed by atoms with Gasteiger partial charge in [-0.05, 0) is 38.8 Å². The SMILES string of the molecule is CCOc1ccnc(N(C)CC2CCNCC2)n1. The number of hydrogen-bond donors (Lipinski definition) is 1. The van der Waals surface area contributed by atoms with Crippen molar-refractivity contribution in [1.29, 1.82) is 0 Å². The van der Waals surface area contributed by atoms with Crippen LogP contribution >= 0.6 is 0 Å². The van der Waals surface area contributed by atoms with E-state index in [9.17, 15) is 0 Å². The Morgan fingerprint density at radius 1 is 1.44 bits per heavy atom. The van der Waals surface area contributed by atoms with Crippen LogP contribution in [0.4, 0.5) is 5.95 Å². The van der Waals surface area contributed by atoms with Gasteiger partial charge in [0, 0.05) is 25.9 Å². The molecule has 5 nitrogen and oxygen atoms in total. The van der Waals surface area contributed by atoms with Gasteiger partial charge in [-0.1, -0.05) is 0 Å². The highest BCUT2D eigenvalue weighted by Crippen LogP contribution is 2.17. The number of anilines is 1. The monoisotopic (exact) mass is 250 g/mol. The van der Waals surface area contributed by atoms with E-state index in [1.807, 2.05) is 14.0 Å². The maximum atomic E-state index is 5.40. The van der Waals surface area contributed by atoms with Crippen LogP contribution in [0.5, 0.6) is 5.88 Å². The van der Waals surface area contributed by atoms with E-state index in [0.717, 1.165) is 31.5 Å². The number of rotatable bonds is 5. The Bertz CT molecular complexity index is 366. The lowest BCUT2D eigenvalue weighted by Crippen LogP contribution is -2.35. The van der Waals surface area contributed by atoms with Gasteiger partial charge in [0.05, 0.1) is 6.61 Å². The lowest BCUT2D eigenvalue weighted by Gasteiger charge is -2.27. The standard InChI is InChI=1S/C13H22N4O/c1-3-18-12-6-9-15-13(16-12)17(2)10-11-4-7-14-8-5-11/h6,9,11,14H,3-5,7-8,10H2,1-2H3. The Morgan fingerprint density at radius 2 is 2.22 bits per heavy atom. The molecule has 1 N–H and O–H groups in total. The van der Waals surface area contributed by atoms with Gasteiger partial charge < -0.3 is 15.0 Å². The van der Waals surface area contributed by atoms with Crippen molar-refractivity contribution in [2.45, 2.75) is 19.8 Å². The van der Waals surface area contributed by atoms with Gasteiger partial charge in [-0.25, -0.2) is 4.98 Å². The fraction of sp³-hybridized carbons (Fsp3) is 0.692. The summed E-state index contributed by atoms with van der Waals surface area (Å²) in [4.78, 5) is 10.8. The Kier molecular flexibility index (Phi) is 4.75. The topological polar surface area (TPSA) is 50.3 Å². The average molecular weight is 250 g/mol. The first-order valence-corrected chi connectivity index (χ1v) is 6.67. The molecule has 0 bridgehead atoms.